The van der Waals surface area contributed by atoms with Crippen LogP contribution >= 0.6 is 11.6 Å². The van der Waals surface area contributed by atoms with Gasteiger partial charge in [-0.2, -0.15) is 0 Å². The third-order valence-electron chi connectivity index (χ3n) is 3.51. The highest BCUT2D eigenvalue weighted by atomic mass is 35.5. The van der Waals surface area contributed by atoms with Gasteiger partial charge in [-0.1, -0.05) is 13.8 Å². The van der Waals surface area contributed by atoms with Gasteiger partial charge in [0.25, 0.3) is 0 Å². The molecule has 1 aliphatic rings. The van der Waals surface area contributed by atoms with Crippen molar-refractivity contribution in [2.75, 3.05) is 43.5 Å². The van der Waals surface area contributed by atoms with Crippen LogP contribution in [0, 0.1) is 6.92 Å². The summed E-state index contributed by atoms with van der Waals surface area (Å²) in [5.41, 5.74) is 2.18. The average Bonchev–Trinajstić information content (AvgIpc) is 2.39. The fraction of sp³-hybridized carbons (Fsp3) is 0.714. The van der Waals surface area contributed by atoms with Crippen molar-refractivity contribution in [3.05, 3.63) is 17.5 Å². The lowest BCUT2D eigenvalue weighted by atomic mass is 10.1. The van der Waals surface area contributed by atoms with Crippen LogP contribution in [0.15, 0.2) is 6.07 Å². The van der Waals surface area contributed by atoms with Crippen LogP contribution in [0.1, 0.15) is 31.2 Å². The van der Waals surface area contributed by atoms with Crippen LogP contribution in [-0.4, -0.2) is 53.5 Å². The fourth-order valence-electron chi connectivity index (χ4n) is 2.30. The molecule has 0 bridgehead atoms. The van der Waals surface area contributed by atoms with Gasteiger partial charge in [-0.05, 0) is 18.9 Å². The van der Waals surface area contributed by atoms with Crippen LogP contribution < -0.4 is 4.90 Å². The molecule has 0 radical (unpaired) electrons. The third kappa shape index (κ3) is 3.80. The first-order chi connectivity index (χ1) is 9.10. The summed E-state index contributed by atoms with van der Waals surface area (Å²) in [5.74, 6) is 2.03. The maximum Gasteiger partial charge on any atom is 0.225 e. The van der Waals surface area contributed by atoms with Crippen molar-refractivity contribution in [3.63, 3.8) is 0 Å². The van der Waals surface area contributed by atoms with Gasteiger partial charge in [0.1, 0.15) is 0 Å². The van der Waals surface area contributed by atoms with Gasteiger partial charge in [0, 0.05) is 50.0 Å². The fourth-order valence-corrected chi connectivity index (χ4v) is 2.54. The molecule has 0 N–H and O–H groups in total. The Labute approximate surface area is 120 Å². The van der Waals surface area contributed by atoms with Gasteiger partial charge < -0.3 is 4.90 Å². The molecule has 1 fully saturated rings. The molecule has 2 rings (SSSR count). The second kappa shape index (κ2) is 6.53. The standard InChI is InChI=1S/C14H23ClN4/c1-11(2)13-10-12(3)16-14(17-13)19-8-6-18(5-4-15)7-9-19/h10-11H,4-9H2,1-3H3. The molecule has 0 aromatic carbocycles. The number of anilines is 1. The summed E-state index contributed by atoms with van der Waals surface area (Å²) in [7, 11) is 0. The summed E-state index contributed by atoms with van der Waals surface area (Å²) in [6, 6.07) is 2.08. The number of rotatable bonds is 4. The summed E-state index contributed by atoms with van der Waals surface area (Å²) in [4.78, 5) is 14.0. The Kier molecular flexibility index (Phi) is 4.99. The molecule has 1 aromatic heterocycles. The second-order valence-corrected chi connectivity index (χ2v) is 5.78. The molecule has 2 heterocycles. The summed E-state index contributed by atoms with van der Waals surface area (Å²) < 4.78 is 0. The van der Waals surface area contributed by atoms with Crippen LogP contribution in [0.5, 0.6) is 0 Å². The number of halogens is 1. The maximum absolute atomic E-state index is 5.78. The van der Waals surface area contributed by atoms with Crippen LogP contribution in [0.25, 0.3) is 0 Å². The van der Waals surface area contributed by atoms with E-state index in [2.05, 4.69) is 34.7 Å². The normalized spacial score (nSPS) is 17.2. The number of alkyl halides is 1. The number of hydrogen-bond donors (Lipinski definition) is 0. The molecule has 0 spiro atoms. The SMILES string of the molecule is Cc1cc(C(C)C)nc(N2CCN(CCCl)CC2)n1. The molecular formula is C14H23ClN4. The highest BCUT2D eigenvalue weighted by molar-refractivity contribution is 6.18. The molecule has 1 aromatic rings. The highest BCUT2D eigenvalue weighted by Gasteiger charge is 2.19. The Bertz CT molecular complexity index is 414. The zero-order chi connectivity index (χ0) is 13.8. The molecule has 4 nitrogen and oxygen atoms in total. The lowest BCUT2D eigenvalue weighted by Crippen LogP contribution is -2.47. The van der Waals surface area contributed by atoms with Crippen LogP contribution in [0.3, 0.4) is 0 Å². The minimum Gasteiger partial charge on any atom is -0.338 e. The van der Waals surface area contributed by atoms with Gasteiger partial charge in [0.2, 0.25) is 5.95 Å². The van der Waals surface area contributed by atoms with E-state index in [9.17, 15) is 0 Å². The van der Waals surface area contributed by atoms with Gasteiger partial charge in [-0.3, -0.25) is 4.90 Å². The number of hydrogen-bond acceptors (Lipinski definition) is 4. The van der Waals surface area contributed by atoms with Crippen molar-refractivity contribution >= 4 is 17.5 Å². The average molecular weight is 283 g/mol. The summed E-state index contributed by atoms with van der Waals surface area (Å²) in [6.45, 7) is 11.4. The predicted molar refractivity (Wildman–Crippen MR) is 80.2 cm³/mol. The van der Waals surface area contributed by atoms with Gasteiger partial charge in [0.05, 0.1) is 0 Å². The van der Waals surface area contributed by atoms with E-state index in [4.69, 9.17) is 16.6 Å². The summed E-state index contributed by atoms with van der Waals surface area (Å²) >= 11 is 5.78. The van der Waals surface area contributed by atoms with E-state index >= 15 is 0 Å². The van der Waals surface area contributed by atoms with Crippen molar-refractivity contribution in [1.29, 1.82) is 0 Å². The van der Waals surface area contributed by atoms with Crippen LogP contribution in [0.4, 0.5) is 5.95 Å². The molecule has 0 unspecified atom stereocenters. The summed E-state index contributed by atoms with van der Waals surface area (Å²) in [6.07, 6.45) is 0. The van der Waals surface area contributed by atoms with Crippen molar-refractivity contribution in [2.24, 2.45) is 0 Å². The van der Waals surface area contributed by atoms with E-state index in [1.54, 1.807) is 0 Å². The van der Waals surface area contributed by atoms with E-state index in [1.807, 2.05) is 6.92 Å². The zero-order valence-corrected chi connectivity index (χ0v) is 12.8. The first-order valence-electron chi connectivity index (χ1n) is 6.99. The molecule has 0 aliphatic carbocycles. The lowest BCUT2D eigenvalue weighted by Gasteiger charge is -2.34. The Morgan fingerprint density at radius 1 is 1.21 bits per heavy atom. The van der Waals surface area contributed by atoms with Crippen LogP contribution in [0.2, 0.25) is 0 Å². The van der Waals surface area contributed by atoms with Crippen molar-refractivity contribution in [2.45, 2.75) is 26.7 Å². The largest absolute Gasteiger partial charge is 0.338 e. The smallest absolute Gasteiger partial charge is 0.225 e. The second-order valence-electron chi connectivity index (χ2n) is 5.41. The van der Waals surface area contributed by atoms with E-state index in [0.29, 0.717) is 11.8 Å². The maximum atomic E-state index is 5.78. The minimum absolute atomic E-state index is 0.443. The first-order valence-corrected chi connectivity index (χ1v) is 7.52. The number of aryl methyl sites for hydroxylation is 1. The summed E-state index contributed by atoms with van der Waals surface area (Å²) in [5, 5.41) is 0. The van der Waals surface area contributed by atoms with Crippen LogP contribution in [-0.2, 0) is 0 Å². The van der Waals surface area contributed by atoms with Gasteiger partial charge in [-0.25, -0.2) is 9.97 Å². The molecular weight excluding hydrogens is 260 g/mol. The van der Waals surface area contributed by atoms with Crippen molar-refractivity contribution < 1.29 is 0 Å². The predicted octanol–water partition coefficient (Wildman–Crippen LogP) is 2.27. The van der Waals surface area contributed by atoms with Gasteiger partial charge in [-0.15, -0.1) is 11.6 Å². The quantitative estimate of drug-likeness (QED) is 0.793. The highest BCUT2D eigenvalue weighted by Crippen LogP contribution is 2.18. The Morgan fingerprint density at radius 3 is 2.47 bits per heavy atom. The van der Waals surface area contributed by atoms with E-state index in [0.717, 1.165) is 50.1 Å². The zero-order valence-electron chi connectivity index (χ0n) is 12.1. The number of aromatic nitrogens is 2. The van der Waals surface area contributed by atoms with E-state index < -0.39 is 0 Å². The first kappa shape index (κ1) is 14.5. The molecule has 19 heavy (non-hydrogen) atoms. The topological polar surface area (TPSA) is 32.3 Å². The lowest BCUT2D eigenvalue weighted by molar-refractivity contribution is 0.271. The number of nitrogens with zero attached hydrogens (tertiary/aromatic N) is 4. The number of piperazine rings is 1. The van der Waals surface area contributed by atoms with Gasteiger partial charge in [0.15, 0.2) is 0 Å². The van der Waals surface area contributed by atoms with E-state index in [-0.39, 0.29) is 0 Å². The minimum atomic E-state index is 0.443. The van der Waals surface area contributed by atoms with Gasteiger partial charge >= 0.3 is 0 Å². The Balaban J connectivity index is 2.06. The Morgan fingerprint density at radius 2 is 1.89 bits per heavy atom. The van der Waals surface area contributed by atoms with Crippen molar-refractivity contribution in [3.8, 4) is 0 Å². The molecule has 0 amide bonds. The molecule has 1 aliphatic heterocycles. The molecule has 0 atom stereocenters. The van der Waals surface area contributed by atoms with E-state index in [1.165, 1.54) is 0 Å². The molecule has 5 heteroatoms. The molecule has 1 saturated heterocycles. The Hall–Kier alpha value is -0.870. The third-order valence-corrected chi connectivity index (χ3v) is 3.68. The molecule has 0 saturated carbocycles. The van der Waals surface area contributed by atoms with Crippen molar-refractivity contribution in [1.82, 2.24) is 14.9 Å². The monoisotopic (exact) mass is 282 g/mol. The molecule has 106 valence electrons.